The van der Waals surface area contributed by atoms with Gasteiger partial charge in [0, 0.05) is 27.2 Å². The zero-order chi connectivity index (χ0) is 17.6. The molecule has 3 nitrogen and oxygen atoms in total. The van der Waals surface area contributed by atoms with E-state index in [2.05, 4.69) is 11.8 Å². The summed E-state index contributed by atoms with van der Waals surface area (Å²) in [5, 5.41) is 2.56. The maximum atomic E-state index is 13.6. The smallest absolute Gasteiger partial charge is 0.211 e. The first-order valence-electron chi connectivity index (χ1n) is 8.25. The molecule has 2 heterocycles. The molecule has 25 heavy (non-hydrogen) atoms. The second-order valence-corrected chi connectivity index (χ2v) is 7.25. The van der Waals surface area contributed by atoms with Crippen LogP contribution in [-0.2, 0) is 6.42 Å². The van der Waals surface area contributed by atoms with E-state index in [0.717, 1.165) is 28.8 Å². The Morgan fingerprint density at radius 1 is 1.20 bits per heavy atom. The van der Waals surface area contributed by atoms with Crippen LogP contribution < -0.4 is 15.1 Å². The molecule has 4 rings (SSSR count). The van der Waals surface area contributed by atoms with E-state index < -0.39 is 0 Å². The van der Waals surface area contributed by atoms with Crippen LogP contribution >= 0.6 is 11.3 Å². The lowest BCUT2D eigenvalue weighted by Crippen LogP contribution is -2.36. The Kier molecular flexibility index (Phi) is 3.96. The van der Waals surface area contributed by atoms with Gasteiger partial charge in [-0.2, -0.15) is 0 Å². The summed E-state index contributed by atoms with van der Waals surface area (Å²) in [6.07, 6.45) is 1.71. The number of nitrogens with zero attached hydrogens (tertiary/aromatic N) is 1. The van der Waals surface area contributed by atoms with Crippen LogP contribution in [-0.4, -0.2) is 13.2 Å². The van der Waals surface area contributed by atoms with Crippen molar-refractivity contribution in [2.75, 3.05) is 12.0 Å². The van der Waals surface area contributed by atoms with Crippen molar-refractivity contribution in [3.8, 4) is 5.75 Å². The van der Waals surface area contributed by atoms with Gasteiger partial charge in [0.1, 0.15) is 17.3 Å². The van der Waals surface area contributed by atoms with Gasteiger partial charge in [-0.25, -0.2) is 4.39 Å². The fourth-order valence-corrected chi connectivity index (χ4v) is 4.37. The zero-order valence-electron chi connectivity index (χ0n) is 14.1. The molecule has 1 atom stereocenters. The van der Waals surface area contributed by atoms with Crippen LogP contribution in [0.2, 0.25) is 0 Å². The number of rotatable bonds is 2. The number of methoxy groups -OCH3 is 1. The van der Waals surface area contributed by atoms with E-state index in [1.807, 2.05) is 17.5 Å². The normalized spacial score (nSPS) is 16.8. The first-order chi connectivity index (χ1) is 12.1. The Balaban J connectivity index is 1.92. The molecule has 0 saturated carbocycles. The Morgan fingerprint density at radius 3 is 2.84 bits per heavy atom. The topological polar surface area (TPSA) is 29.5 Å². The Bertz CT molecular complexity index is 1010. The molecule has 0 fully saturated rings. The molecular weight excluding hydrogens is 337 g/mol. The molecule has 0 saturated heterocycles. The van der Waals surface area contributed by atoms with Gasteiger partial charge in [-0.1, -0.05) is 0 Å². The van der Waals surface area contributed by atoms with Crippen LogP contribution in [0.4, 0.5) is 15.8 Å². The molecule has 1 aliphatic rings. The SMILES string of the molecule is COc1ccc2scc(N3c4ccc(F)cc4CC[C@@H]3C)c(=O)c2c1. The first kappa shape index (κ1) is 16.1. The molecule has 2 aromatic carbocycles. The quantitative estimate of drug-likeness (QED) is 0.656. The molecule has 0 unspecified atom stereocenters. The van der Waals surface area contributed by atoms with E-state index in [1.54, 1.807) is 25.3 Å². The van der Waals surface area contributed by atoms with Gasteiger partial charge in [-0.15, -0.1) is 11.3 Å². The maximum Gasteiger partial charge on any atom is 0.211 e. The molecular formula is C20H18FNO2S. The monoisotopic (exact) mass is 355 g/mol. The van der Waals surface area contributed by atoms with Crippen molar-refractivity contribution >= 4 is 32.8 Å². The first-order valence-corrected chi connectivity index (χ1v) is 9.13. The highest BCUT2D eigenvalue weighted by Crippen LogP contribution is 2.37. The lowest BCUT2D eigenvalue weighted by Gasteiger charge is -2.36. The van der Waals surface area contributed by atoms with Crippen LogP contribution in [0.25, 0.3) is 10.1 Å². The van der Waals surface area contributed by atoms with Gasteiger partial charge in [0.15, 0.2) is 0 Å². The standard InChI is InChI=1S/C20H18FNO2S/c1-12-3-4-13-9-14(21)5-7-17(13)22(12)18-11-25-19-8-6-15(24-2)10-16(19)20(18)23/h5-12H,3-4H2,1-2H3/t12-/m0/s1. The number of aryl methyl sites for hydroxylation is 1. The van der Waals surface area contributed by atoms with Crippen LogP contribution in [0.15, 0.2) is 46.6 Å². The minimum Gasteiger partial charge on any atom is -0.497 e. The number of halogens is 1. The van der Waals surface area contributed by atoms with Crippen LogP contribution in [0, 0.1) is 5.82 Å². The molecule has 0 bridgehead atoms. The van der Waals surface area contributed by atoms with Gasteiger partial charge < -0.3 is 9.64 Å². The second-order valence-electron chi connectivity index (χ2n) is 6.34. The van der Waals surface area contributed by atoms with Crippen molar-refractivity contribution in [1.29, 1.82) is 0 Å². The molecule has 5 heteroatoms. The number of hydrogen-bond donors (Lipinski definition) is 0. The van der Waals surface area contributed by atoms with Crippen molar-refractivity contribution in [2.45, 2.75) is 25.8 Å². The Morgan fingerprint density at radius 2 is 2.04 bits per heavy atom. The van der Waals surface area contributed by atoms with E-state index in [4.69, 9.17) is 4.74 Å². The lowest BCUT2D eigenvalue weighted by atomic mass is 9.96. The summed E-state index contributed by atoms with van der Waals surface area (Å²) in [5.74, 6) is 0.435. The van der Waals surface area contributed by atoms with Gasteiger partial charge in [0.05, 0.1) is 7.11 Å². The van der Waals surface area contributed by atoms with Crippen LogP contribution in [0.1, 0.15) is 18.9 Å². The molecule has 0 aliphatic carbocycles. The van der Waals surface area contributed by atoms with E-state index in [-0.39, 0.29) is 17.3 Å². The van der Waals surface area contributed by atoms with Crippen molar-refractivity contribution in [2.24, 2.45) is 0 Å². The zero-order valence-corrected chi connectivity index (χ0v) is 14.9. The van der Waals surface area contributed by atoms with Gasteiger partial charge >= 0.3 is 0 Å². The fourth-order valence-electron chi connectivity index (χ4n) is 3.48. The molecule has 1 aromatic heterocycles. The van der Waals surface area contributed by atoms with E-state index in [0.29, 0.717) is 16.8 Å². The predicted octanol–water partition coefficient (Wildman–Crippen LogP) is 4.88. The summed E-state index contributed by atoms with van der Waals surface area (Å²) >= 11 is 1.54. The van der Waals surface area contributed by atoms with Crippen molar-refractivity contribution in [3.05, 3.63) is 63.4 Å². The molecule has 128 valence electrons. The van der Waals surface area contributed by atoms with E-state index in [9.17, 15) is 9.18 Å². The number of anilines is 2. The highest BCUT2D eigenvalue weighted by atomic mass is 32.1. The second kappa shape index (κ2) is 6.15. The average Bonchev–Trinajstić information content (AvgIpc) is 2.63. The fraction of sp³-hybridized carbons (Fsp3) is 0.250. The third-order valence-electron chi connectivity index (χ3n) is 4.79. The minimum atomic E-state index is -0.235. The summed E-state index contributed by atoms with van der Waals surface area (Å²) in [6.45, 7) is 2.10. The predicted molar refractivity (Wildman–Crippen MR) is 101 cm³/mol. The Labute approximate surface area is 149 Å². The summed E-state index contributed by atoms with van der Waals surface area (Å²) in [7, 11) is 1.59. The maximum absolute atomic E-state index is 13.6. The highest BCUT2D eigenvalue weighted by molar-refractivity contribution is 7.16. The molecule has 0 amide bonds. The summed E-state index contributed by atoms with van der Waals surface area (Å²) < 4.78 is 19.8. The minimum absolute atomic E-state index is 0.0170. The molecule has 3 aromatic rings. The number of benzene rings is 2. The lowest BCUT2D eigenvalue weighted by molar-refractivity contribution is 0.415. The molecule has 1 aliphatic heterocycles. The third-order valence-corrected chi connectivity index (χ3v) is 5.75. The Hall–Kier alpha value is -2.40. The van der Waals surface area contributed by atoms with Gasteiger partial charge in [0.25, 0.3) is 0 Å². The molecule has 0 spiro atoms. The number of fused-ring (bicyclic) bond motifs is 2. The van der Waals surface area contributed by atoms with Gasteiger partial charge in [-0.3, -0.25) is 4.79 Å². The van der Waals surface area contributed by atoms with E-state index >= 15 is 0 Å². The molecule has 0 radical (unpaired) electrons. The van der Waals surface area contributed by atoms with Gasteiger partial charge in [0.2, 0.25) is 5.43 Å². The average molecular weight is 355 g/mol. The number of ether oxygens (including phenoxy) is 1. The summed E-state index contributed by atoms with van der Waals surface area (Å²) in [6, 6.07) is 10.6. The number of hydrogen-bond acceptors (Lipinski definition) is 4. The van der Waals surface area contributed by atoms with E-state index in [1.165, 1.54) is 17.4 Å². The molecule has 0 N–H and O–H groups in total. The third kappa shape index (κ3) is 2.68. The van der Waals surface area contributed by atoms with Crippen molar-refractivity contribution in [3.63, 3.8) is 0 Å². The summed E-state index contributed by atoms with van der Waals surface area (Å²) in [5.41, 5.74) is 2.50. The highest BCUT2D eigenvalue weighted by Gasteiger charge is 2.27. The largest absolute Gasteiger partial charge is 0.497 e. The van der Waals surface area contributed by atoms with Crippen LogP contribution in [0.5, 0.6) is 5.75 Å². The van der Waals surface area contributed by atoms with Crippen molar-refractivity contribution in [1.82, 2.24) is 0 Å². The summed E-state index contributed by atoms with van der Waals surface area (Å²) in [4.78, 5) is 15.2. The van der Waals surface area contributed by atoms with Crippen molar-refractivity contribution < 1.29 is 9.13 Å². The van der Waals surface area contributed by atoms with Crippen LogP contribution in [0.3, 0.4) is 0 Å². The van der Waals surface area contributed by atoms with Gasteiger partial charge in [-0.05, 0) is 61.7 Å².